The summed E-state index contributed by atoms with van der Waals surface area (Å²) < 4.78 is 5.64. The summed E-state index contributed by atoms with van der Waals surface area (Å²) in [6.45, 7) is 6.44. The Morgan fingerprint density at radius 1 is 1.35 bits per heavy atom. The van der Waals surface area contributed by atoms with Crippen molar-refractivity contribution in [1.29, 1.82) is 0 Å². The maximum Gasteiger partial charge on any atom is 0.356 e. The molecule has 1 aromatic heterocycles. The number of H-pyrrole nitrogens is 1. The molecule has 20 heavy (non-hydrogen) atoms. The van der Waals surface area contributed by atoms with E-state index in [1.807, 2.05) is 12.1 Å². The molecule has 0 fully saturated rings. The minimum atomic E-state index is -0.359. The molecule has 2 rings (SSSR count). The molecule has 0 spiro atoms. The SMILES string of the molecule is CCOC(=O)c1[nH]c(=S)sc1-c1ccc(C(C)C)cc1. The summed E-state index contributed by atoms with van der Waals surface area (Å²) >= 11 is 6.54. The van der Waals surface area contributed by atoms with Gasteiger partial charge in [0.05, 0.1) is 11.5 Å². The molecule has 0 unspecified atom stereocenters. The standard InChI is InChI=1S/C15H17NO2S2/c1-4-18-14(17)12-13(20-15(19)16-12)11-7-5-10(6-8-11)9(2)3/h5-9H,4H2,1-3H3,(H,16,19). The van der Waals surface area contributed by atoms with E-state index >= 15 is 0 Å². The third kappa shape index (κ3) is 3.16. The van der Waals surface area contributed by atoms with Gasteiger partial charge in [-0.15, -0.1) is 11.3 Å². The first-order valence-corrected chi connectivity index (χ1v) is 7.76. The van der Waals surface area contributed by atoms with E-state index in [2.05, 4.69) is 31.0 Å². The Bertz CT molecular complexity index is 653. The first kappa shape index (κ1) is 14.9. The number of carbonyl (C=O) groups is 1. The summed E-state index contributed by atoms with van der Waals surface area (Å²) in [5, 5.41) is 0. The van der Waals surface area contributed by atoms with Crippen molar-refractivity contribution in [2.24, 2.45) is 0 Å². The molecule has 5 heteroatoms. The molecule has 0 aliphatic rings. The molecule has 0 bridgehead atoms. The molecule has 0 aliphatic carbocycles. The highest BCUT2D eigenvalue weighted by atomic mass is 32.1. The van der Waals surface area contributed by atoms with Gasteiger partial charge in [-0.05, 0) is 36.2 Å². The number of esters is 1. The van der Waals surface area contributed by atoms with Crippen molar-refractivity contribution in [3.63, 3.8) is 0 Å². The maximum atomic E-state index is 11.9. The smallest absolute Gasteiger partial charge is 0.356 e. The number of ether oxygens (including phenoxy) is 1. The predicted octanol–water partition coefficient (Wildman–Crippen LogP) is 4.77. The van der Waals surface area contributed by atoms with Gasteiger partial charge in [-0.2, -0.15) is 0 Å². The van der Waals surface area contributed by atoms with Crippen LogP contribution < -0.4 is 0 Å². The van der Waals surface area contributed by atoms with E-state index in [4.69, 9.17) is 17.0 Å². The van der Waals surface area contributed by atoms with E-state index in [0.29, 0.717) is 22.2 Å². The van der Waals surface area contributed by atoms with Crippen LogP contribution in [0, 0.1) is 3.95 Å². The summed E-state index contributed by atoms with van der Waals surface area (Å²) in [7, 11) is 0. The monoisotopic (exact) mass is 307 g/mol. The number of carbonyl (C=O) groups excluding carboxylic acids is 1. The topological polar surface area (TPSA) is 42.1 Å². The van der Waals surface area contributed by atoms with Crippen molar-refractivity contribution in [2.45, 2.75) is 26.7 Å². The molecule has 0 amide bonds. The van der Waals surface area contributed by atoms with E-state index in [-0.39, 0.29) is 5.97 Å². The number of nitrogens with one attached hydrogen (secondary N) is 1. The van der Waals surface area contributed by atoms with Gasteiger partial charge in [-0.25, -0.2) is 4.79 Å². The van der Waals surface area contributed by atoms with Gasteiger partial charge in [0.15, 0.2) is 3.95 Å². The number of aromatic amines is 1. The lowest BCUT2D eigenvalue weighted by Gasteiger charge is -2.07. The van der Waals surface area contributed by atoms with Gasteiger partial charge in [-0.3, -0.25) is 0 Å². The van der Waals surface area contributed by atoms with Crippen LogP contribution in [0.3, 0.4) is 0 Å². The minimum absolute atomic E-state index is 0.348. The summed E-state index contributed by atoms with van der Waals surface area (Å²) in [6, 6.07) is 8.20. The molecule has 1 heterocycles. The molecular formula is C15H17NO2S2. The van der Waals surface area contributed by atoms with Gasteiger partial charge in [0.1, 0.15) is 5.69 Å². The van der Waals surface area contributed by atoms with Crippen LogP contribution in [0.25, 0.3) is 10.4 Å². The summed E-state index contributed by atoms with van der Waals surface area (Å²) in [5.41, 5.74) is 2.69. The maximum absolute atomic E-state index is 11.9. The van der Waals surface area contributed by atoms with E-state index in [9.17, 15) is 4.79 Å². The van der Waals surface area contributed by atoms with Crippen molar-refractivity contribution in [2.75, 3.05) is 6.61 Å². The number of rotatable bonds is 4. The van der Waals surface area contributed by atoms with Crippen molar-refractivity contribution in [3.8, 4) is 10.4 Å². The Labute approximate surface area is 127 Å². The van der Waals surface area contributed by atoms with Crippen molar-refractivity contribution >= 4 is 29.5 Å². The van der Waals surface area contributed by atoms with Crippen LogP contribution in [0.15, 0.2) is 24.3 Å². The van der Waals surface area contributed by atoms with Crippen molar-refractivity contribution in [3.05, 3.63) is 39.5 Å². The van der Waals surface area contributed by atoms with Crippen molar-refractivity contribution in [1.82, 2.24) is 4.98 Å². The molecule has 106 valence electrons. The van der Waals surface area contributed by atoms with Crippen LogP contribution in [0.5, 0.6) is 0 Å². The Hall–Kier alpha value is -1.46. The van der Waals surface area contributed by atoms with E-state index in [1.54, 1.807) is 6.92 Å². The molecule has 0 atom stereocenters. The van der Waals surface area contributed by atoms with Crippen molar-refractivity contribution < 1.29 is 9.53 Å². The zero-order valence-electron chi connectivity index (χ0n) is 11.7. The second-order valence-electron chi connectivity index (χ2n) is 4.72. The van der Waals surface area contributed by atoms with Gasteiger partial charge in [-0.1, -0.05) is 38.1 Å². The summed E-state index contributed by atoms with van der Waals surface area (Å²) in [5.74, 6) is 0.126. The van der Waals surface area contributed by atoms with E-state index < -0.39 is 0 Å². The first-order valence-electron chi connectivity index (χ1n) is 6.53. The second kappa shape index (κ2) is 6.33. The van der Waals surface area contributed by atoms with Crippen LogP contribution in [0.1, 0.15) is 42.7 Å². The highest BCUT2D eigenvalue weighted by Crippen LogP contribution is 2.30. The number of benzene rings is 1. The molecule has 1 N–H and O–H groups in total. The highest BCUT2D eigenvalue weighted by molar-refractivity contribution is 7.73. The lowest BCUT2D eigenvalue weighted by molar-refractivity contribution is 0.0521. The first-order chi connectivity index (χ1) is 9.52. The Kier molecular flexibility index (Phi) is 4.73. The van der Waals surface area contributed by atoms with Gasteiger partial charge in [0.2, 0.25) is 0 Å². The molecule has 0 saturated carbocycles. The van der Waals surface area contributed by atoms with Crippen LogP contribution in [-0.2, 0) is 4.74 Å². The molecule has 1 aromatic carbocycles. The average Bonchev–Trinajstić information content (AvgIpc) is 2.81. The van der Waals surface area contributed by atoms with Gasteiger partial charge in [0.25, 0.3) is 0 Å². The van der Waals surface area contributed by atoms with Gasteiger partial charge in [0, 0.05) is 0 Å². The summed E-state index contributed by atoms with van der Waals surface area (Å²) in [4.78, 5) is 15.7. The van der Waals surface area contributed by atoms with Crippen LogP contribution in [0.2, 0.25) is 0 Å². The largest absolute Gasteiger partial charge is 0.461 e. The highest BCUT2D eigenvalue weighted by Gasteiger charge is 2.17. The third-order valence-corrected chi connectivity index (χ3v) is 4.25. The lowest BCUT2D eigenvalue weighted by atomic mass is 10.0. The van der Waals surface area contributed by atoms with Crippen LogP contribution in [-0.4, -0.2) is 17.6 Å². The predicted molar refractivity (Wildman–Crippen MR) is 85.0 cm³/mol. The molecular weight excluding hydrogens is 290 g/mol. The normalized spacial score (nSPS) is 10.8. The quantitative estimate of drug-likeness (QED) is 0.653. The van der Waals surface area contributed by atoms with Gasteiger partial charge >= 0.3 is 5.97 Å². The minimum Gasteiger partial charge on any atom is -0.461 e. The summed E-state index contributed by atoms with van der Waals surface area (Å²) in [6.07, 6.45) is 0. The van der Waals surface area contributed by atoms with E-state index in [0.717, 1.165) is 10.4 Å². The zero-order valence-corrected chi connectivity index (χ0v) is 13.4. The number of thiazole rings is 1. The fourth-order valence-corrected chi connectivity index (χ4v) is 3.08. The Balaban J connectivity index is 2.42. The molecule has 2 aromatic rings. The third-order valence-electron chi connectivity index (χ3n) is 2.97. The molecule has 3 nitrogen and oxygen atoms in total. The Morgan fingerprint density at radius 3 is 2.55 bits per heavy atom. The van der Waals surface area contributed by atoms with Gasteiger partial charge < -0.3 is 9.72 Å². The average molecular weight is 307 g/mol. The molecule has 0 radical (unpaired) electrons. The second-order valence-corrected chi connectivity index (χ2v) is 6.40. The fourth-order valence-electron chi connectivity index (χ4n) is 1.90. The lowest BCUT2D eigenvalue weighted by Crippen LogP contribution is -2.06. The van der Waals surface area contributed by atoms with Crippen LogP contribution >= 0.6 is 23.6 Å². The van der Waals surface area contributed by atoms with Crippen LogP contribution in [0.4, 0.5) is 0 Å². The van der Waals surface area contributed by atoms with E-state index in [1.165, 1.54) is 16.9 Å². The zero-order chi connectivity index (χ0) is 14.7. The fraction of sp³-hybridized carbons (Fsp3) is 0.333. The number of hydrogen-bond donors (Lipinski definition) is 1. The number of hydrogen-bond acceptors (Lipinski definition) is 4. The number of aromatic nitrogens is 1. The Morgan fingerprint density at radius 2 is 2.00 bits per heavy atom. The molecule has 0 saturated heterocycles. The molecule has 0 aliphatic heterocycles.